The van der Waals surface area contributed by atoms with E-state index in [9.17, 15) is 10.2 Å². The largest absolute Gasteiger partial charge is 0.508 e. The first-order valence-corrected chi connectivity index (χ1v) is 6.24. The third-order valence-electron chi connectivity index (χ3n) is 3.04. The van der Waals surface area contributed by atoms with E-state index in [1.807, 2.05) is 24.3 Å². The van der Waals surface area contributed by atoms with Gasteiger partial charge in [-0.1, -0.05) is 24.0 Å². The van der Waals surface area contributed by atoms with Crippen LogP contribution >= 0.6 is 0 Å². The topological polar surface area (TPSA) is 40.5 Å². The molecule has 0 heterocycles. The lowest BCUT2D eigenvalue weighted by atomic mass is 10.1. The molecule has 0 amide bonds. The number of benzene rings is 3. The van der Waals surface area contributed by atoms with Crippen molar-refractivity contribution in [2.45, 2.75) is 0 Å². The molecule has 0 radical (unpaired) electrons. The van der Waals surface area contributed by atoms with Crippen molar-refractivity contribution in [3.05, 3.63) is 71.8 Å². The summed E-state index contributed by atoms with van der Waals surface area (Å²) in [5.41, 5.74) is 1.77. The molecule has 3 aromatic rings. The van der Waals surface area contributed by atoms with E-state index in [4.69, 9.17) is 0 Å². The van der Waals surface area contributed by atoms with Gasteiger partial charge >= 0.3 is 0 Å². The van der Waals surface area contributed by atoms with E-state index in [2.05, 4.69) is 11.8 Å². The van der Waals surface area contributed by atoms with Gasteiger partial charge in [-0.15, -0.1) is 0 Å². The van der Waals surface area contributed by atoms with Crippen LogP contribution in [0, 0.1) is 11.8 Å². The van der Waals surface area contributed by atoms with Gasteiger partial charge in [0.05, 0.1) is 0 Å². The quantitative estimate of drug-likeness (QED) is 0.606. The minimum atomic E-state index is 0.237. The standard InChI is InChI=1S/C18H12O2/c19-17-8-4-13(5-9-17)1-2-14-3-6-16-12-18(20)10-7-15(16)11-14/h3-12,19-20H. The van der Waals surface area contributed by atoms with E-state index in [-0.39, 0.29) is 11.5 Å². The number of phenolic OH excluding ortho intramolecular Hbond substituents is 2. The first kappa shape index (κ1) is 12.1. The monoisotopic (exact) mass is 260 g/mol. The second-order valence-electron chi connectivity index (χ2n) is 4.54. The van der Waals surface area contributed by atoms with Crippen LogP contribution in [0.5, 0.6) is 11.5 Å². The van der Waals surface area contributed by atoms with Crippen molar-refractivity contribution in [1.82, 2.24) is 0 Å². The van der Waals surface area contributed by atoms with Crippen molar-refractivity contribution in [2.24, 2.45) is 0 Å². The SMILES string of the molecule is Oc1ccc(C#Cc2ccc3cc(O)ccc3c2)cc1. The summed E-state index contributed by atoms with van der Waals surface area (Å²) in [7, 11) is 0. The van der Waals surface area contributed by atoms with Gasteiger partial charge in [0.25, 0.3) is 0 Å². The Kier molecular flexibility index (Phi) is 3.02. The third kappa shape index (κ3) is 2.57. The molecule has 0 atom stereocenters. The fraction of sp³-hybridized carbons (Fsp3) is 0. The molecule has 0 aliphatic rings. The van der Waals surface area contributed by atoms with E-state index in [0.29, 0.717) is 0 Å². The second kappa shape index (κ2) is 4.99. The molecule has 2 nitrogen and oxygen atoms in total. The van der Waals surface area contributed by atoms with Gasteiger partial charge in [0.2, 0.25) is 0 Å². The molecule has 0 aromatic heterocycles. The zero-order chi connectivity index (χ0) is 13.9. The second-order valence-corrected chi connectivity index (χ2v) is 4.54. The minimum absolute atomic E-state index is 0.237. The van der Waals surface area contributed by atoms with Crippen LogP contribution in [0.3, 0.4) is 0 Å². The predicted octanol–water partition coefficient (Wildman–Crippen LogP) is 3.65. The molecule has 0 aliphatic carbocycles. The maximum Gasteiger partial charge on any atom is 0.116 e. The van der Waals surface area contributed by atoms with Crippen molar-refractivity contribution >= 4 is 10.8 Å². The van der Waals surface area contributed by atoms with Crippen molar-refractivity contribution in [3.8, 4) is 23.3 Å². The van der Waals surface area contributed by atoms with Crippen molar-refractivity contribution in [3.63, 3.8) is 0 Å². The highest BCUT2D eigenvalue weighted by Crippen LogP contribution is 2.20. The summed E-state index contributed by atoms with van der Waals surface area (Å²) < 4.78 is 0. The Bertz CT molecular complexity index is 821. The molecule has 20 heavy (non-hydrogen) atoms. The molecule has 3 aromatic carbocycles. The van der Waals surface area contributed by atoms with Gasteiger partial charge in [-0.2, -0.15) is 0 Å². The molecule has 2 heteroatoms. The number of phenols is 2. The molecule has 0 bridgehead atoms. The molecule has 0 saturated heterocycles. The molecule has 0 aliphatic heterocycles. The summed E-state index contributed by atoms with van der Waals surface area (Å²) >= 11 is 0. The summed E-state index contributed by atoms with van der Waals surface area (Å²) in [4.78, 5) is 0. The fourth-order valence-electron chi connectivity index (χ4n) is 2.00. The molecular formula is C18H12O2. The Hall–Kier alpha value is -2.92. The van der Waals surface area contributed by atoms with Gasteiger partial charge in [0.15, 0.2) is 0 Å². The zero-order valence-corrected chi connectivity index (χ0v) is 10.7. The van der Waals surface area contributed by atoms with Crippen LogP contribution in [0.25, 0.3) is 10.8 Å². The summed E-state index contributed by atoms with van der Waals surface area (Å²) in [6, 6.07) is 17.9. The van der Waals surface area contributed by atoms with Crippen LogP contribution in [0.1, 0.15) is 11.1 Å². The Morgan fingerprint density at radius 3 is 1.90 bits per heavy atom. The molecule has 0 unspecified atom stereocenters. The molecule has 0 fully saturated rings. The fourth-order valence-corrected chi connectivity index (χ4v) is 2.00. The summed E-state index contributed by atoms with van der Waals surface area (Å²) in [6.45, 7) is 0. The summed E-state index contributed by atoms with van der Waals surface area (Å²) in [5.74, 6) is 6.65. The van der Waals surface area contributed by atoms with Gasteiger partial charge in [-0.25, -0.2) is 0 Å². The molecular weight excluding hydrogens is 248 g/mol. The van der Waals surface area contributed by atoms with E-state index in [1.54, 1.807) is 36.4 Å². The van der Waals surface area contributed by atoms with Crippen LogP contribution in [-0.4, -0.2) is 10.2 Å². The average Bonchev–Trinajstić information content (AvgIpc) is 2.46. The average molecular weight is 260 g/mol. The normalized spacial score (nSPS) is 10.0. The number of fused-ring (bicyclic) bond motifs is 1. The molecule has 0 saturated carbocycles. The van der Waals surface area contributed by atoms with Gasteiger partial charge in [-0.3, -0.25) is 0 Å². The minimum Gasteiger partial charge on any atom is -0.508 e. The Balaban J connectivity index is 1.95. The van der Waals surface area contributed by atoms with Crippen molar-refractivity contribution in [2.75, 3.05) is 0 Å². The first-order chi connectivity index (χ1) is 9.70. The summed E-state index contributed by atoms with van der Waals surface area (Å²) in [6.07, 6.45) is 0. The zero-order valence-electron chi connectivity index (χ0n) is 10.7. The van der Waals surface area contributed by atoms with Crippen LogP contribution in [0.15, 0.2) is 60.7 Å². The van der Waals surface area contributed by atoms with Crippen LogP contribution < -0.4 is 0 Å². The van der Waals surface area contributed by atoms with E-state index < -0.39 is 0 Å². The predicted molar refractivity (Wildman–Crippen MR) is 79.7 cm³/mol. The van der Waals surface area contributed by atoms with Gasteiger partial charge in [-0.05, 0) is 59.3 Å². The van der Waals surface area contributed by atoms with Crippen molar-refractivity contribution < 1.29 is 10.2 Å². The Labute approximate surface area is 116 Å². The molecule has 0 spiro atoms. The first-order valence-electron chi connectivity index (χ1n) is 6.24. The Morgan fingerprint density at radius 2 is 1.10 bits per heavy atom. The lowest BCUT2D eigenvalue weighted by Crippen LogP contribution is -1.78. The smallest absolute Gasteiger partial charge is 0.116 e. The lowest BCUT2D eigenvalue weighted by molar-refractivity contribution is 0.475. The third-order valence-corrected chi connectivity index (χ3v) is 3.04. The maximum atomic E-state index is 9.43. The van der Waals surface area contributed by atoms with Crippen LogP contribution in [-0.2, 0) is 0 Å². The lowest BCUT2D eigenvalue weighted by Gasteiger charge is -1.99. The van der Waals surface area contributed by atoms with Gasteiger partial charge < -0.3 is 10.2 Å². The number of hydrogen-bond donors (Lipinski definition) is 2. The number of hydrogen-bond acceptors (Lipinski definition) is 2. The Morgan fingerprint density at radius 1 is 0.550 bits per heavy atom. The maximum absolute atomic E-state index is 9.43. The molecule has 3 rings (SSSR count). The van der Waals surface area contributed by atoms with Crippen LogP contribution in [0.2, 0.25) is 0 Å². The highest BCUT2D eigenvalue weighted by molar-refractivity contribution is 5.85. The van der Waals surface area contributed by atoms with Crippen LogP contribution in [0.4, 0.5) is 0 Å². The number of aromatic hydroxyl groups is 2. The van der Waals surface area contributed by atoms with E-state index in [0.717, 1.165) is 21.9 Å². The van der Waals surface area contributed by atoms with Gasteiger partial charge in [0.1, 0.15) is 11.5 Å². The van der Waals surface area contributed by atoms with E-state index >= 15 is 0 Å². The highest BCUT2D eigenvalue weighted by Gasteiger charge is 1.96. The summed E-state index contributed by atoms with van der Waals surface area (Å²) in [5, 5.41) is 20.7. The molecule has 2 N–H and O–H groups in total. The van der Waals surface area contributed by atoms with Crippen molar-refractivity contribution in [1.29, 1.82) is 0 Å². The highest BCUT2D eigenvalue weighted by atomic mass is 16.3. The molecule has 96 valence electrons. The van der Waals surface area contributed by atoms with E-state index in [1.165, 1.54) is 0 Å². The number of rotatable bonds is 0. The van der Waals surface area contributed by atoms with Gasteiger partial charge in [0, 0.05) is 11.1 Å².